The lowest BCUT2D eigenvalue weighted by Crippen LogP contribution is -2.35. The molecule has 1 aliphatic carbocycles. The van der Waals surface area contributed by atoms with Gasteiger partial charge in [0.1, 0.15) is 12.1 Å². The van der Waals surface area contributed by atoms with E-state index in [1.54, 1.807) is 17.0 Å². The molecule has 8 heteroatoms. The number of amides is 1. The first kappa shape index (κ1) is 17.2. The average molecular weight is 378 g/mol. The maximum atomic E-state index is 14.6. The van der Waals surface area contributed by atoms with Gasteiger partial charge in [0.05, 0.1) is 11.3 Å². The number of carbonyl (C=O) groups excluding carboxylic acids is 1. The first-order chi connectivity index (χ1) is 12.4. The van der Waals surface area contributed by atoms with E-state index in [0.29, 0.717) is 17.8 Å². The third-order valence-corrected chi connectivity index (χ3v) is 6.72. The van der Waals surface area contributed by atoms with Crippen LogP contribution in [0.1, 0.15) is 41.6 Å². The van der Waals surface area contributed by atoms with E-state index in [4.69, 9.17) is 4.42 Å². The van der Waals surface area contributed by atoms with Crippen molar-refractivity contribution in [2.24, 2.45) is 0 Å². The fourth-order valence-electron chi connectivity index (χ4n) is 4.20. The van der Waals surface area contributed by atoms with Crippen molar-refractivity contribution in [3.05, 3.63) is 47.5 Å². The Kier molecular flexibility index (Phi) is 3.92. The molecule has 2 heterocycles. The van der Waals surface area contributed by atoms with Crippen LogP contribution in [0.2, 0.25) is 0 Å². The molecular weight excluding hydrogens is 359 g/mol. The normalized spacial score (nSPS) is 18.5. The van der Waals surface area contributed by atoms with Gasteiger partial charge in [-0.05, 0) is 32.0 Å². The molecule has 2 aromatic rings. The summed E-state index contributed by atoms with van der Waals surface area (Å²) in [6.45, 7) is 0.404. The van der Waals surface area contributed by atoms with Gasteiger partial charge in [-0.3, -0.25) is 4.79 Å². The van der Waals surface area contributed by atoms with Crippen molar-refractivity contribution >= 4 is 21.6 Å². The highest BCUT2D eigenvalue weighted by molar-refractivity contribution is 7.89. The van der Waals surface area contributed by atoms with Crippen LogP contribution >= 0.6 is 0 Å². The summed E-state index contributed by atoms with van der Waals surface area (Å²) in [7, 11) is -2.50. The van der Waals surface area contributed by atoms with Gasteiger partial charge < -0.3 is 9.32 Å². The molecule has 0 radical (unpaired) electrons. The van der Waals surface area contributed by atoms with Crippen LogP contribution in [-0.4, -0.2) is 27.9 Å². The first-order valence-electron chi connectivity index (χ1n) is 8.51. The van der Waals surface area contributed by atoms with Crippen molar-refractivity contribution in [1.82, 2.24) is 4.72 Å². The number of nitrogens with one attached hydrogen (secondary N) is 1. The third-order valence-electron chi connectivity index (χ3n) is 5.44. The Morgan fingerprint density at radius 3 is 2.73 bits per heavy atom. The number of hydrogen-bond donors (Lipinski definition) is 1. The molecule has 1 fully saturated rings. The van der Waals surface area contributed by atoms with Gasteiger partial charge in [0.15, 0.2) is 0 Å². The summed E-state index contributed by atoms with van der Waals surface area (Å²) in [5, 5.41) is -0.322. The molecule has 0 saturated heterocycles. The fraction of sp³-hybridized carbons (Fsp3) is 0.389. The van der Waals surface area contributed by atoms with Crippen LogP contribution in [0, 0.1) is 5.82 Å². The van der Waals surface area contributed by atoms with E-state index in [2.05, 4.69) is 4.72 Å². The predicted octanol–water partition coefficient (Wildman–Crippen LogP) is 2.80. The Balaban J connectivity index is 1.74. The Bertz CT molecular complexity index is 977. The van der Waals surface area contributed by atoms with Gasteiger partial charge in [-0.15, -0.1) is 0 Å². The van der Waals surface area contributed by atoms with Gasteiger partial charge in [0, 0.05) is 23.6 Å². The Labute approximate surface area is 151 Å². The number of sulfonamides is 1. The number of rotatable bonds is 3. The maximum absolute atomic E-state index is 14.6. The molecule has 0 unspecified atom stereocenters. The van der Waals surface area contributed by atoms with Crippen molar-refractivity contribution < 1.29 is 22.0 Å². The molecule has 1 aromatic heterocycles. The van der Waals surface area contributed by atoms with E-state index in [0.717, 1.165) is 31.9 Å². The van der Waals surface area contributed by atoms with Crippen LogP contribution in [0.25, 0.3) is 0 Å². The zero-order chi connectivity index (χ0) is 18.5. The van der Waals surface area contributed by atoms with Crippen LogP contribution in [0.15, 0.2) is 40.0 Å². The minimum absolute atomic E-state index is 0.129. The molecule has 1 spiro atoms. The second-order valence-corrected chi connectivity index (χ2v) is 8.69. The lowest BCUT2D eigenvalue weighted by Gasteiger charge is -2.24. The molecule has 1 N–H and O–H groups in total. The number of hydrogen-bond acceptors (Lipinski definition) is 4. The lowest BCUT2D eigenvalue weighted by molar-refractivity contribution is 0.0984. The van der Waals surface area contributed by atoms with Crippen LogP contribution in [-0.2, 0) is 15.4 Å². The van der Waals surface area contributed by atoms with E-state index >= 15 is 0 Å². The monoisotopic (exact) mass is 378 g/mol. The first-order valence-corrected chi connectivity index (χ1v) is 9.99. The quantitative estimate of drug-likeness (QED) is 0.891. The smallest absolute Gasteiger partial charge is 0.273 e. The van der Waals surface area contributed by atoms with Crippen molar-refractivity contribution in [1.29, 1.82) is 0 Å². The minimum Gasteiger partial charge on any atom is -0.451 e. The summed E-state index contributed by atoms with van der Waals surface area (Å²) in [5.74, 6) is -0.674. The van der Waals surface area contributed by atoms with Gasteiger partial charge >= 0.3 is 0 Å². The largest absolute Gasteiger partial charge is 0.451 e. The van der Waals surface area contributed by atoms with Gasteiger partial charge in [-0.2, -0.15) is 0 Å². The molecule has 1 aromatic carbocycles. The predicted molar refractivity (Wildman–Crippen MR) is 93.2 cm³/mol. The zero-order valence-electron chi connectivity index (χ0n) is 14.3. The summed E-state index contributed by atoms with van der Waals surface area (Å²) >= 11 is 0. The van der Waals surface area contributed by atoms with Crippen LogP contribution in [0.4, 0.5) is 10.1 Å². The summed E-state index contributed by atoms with van der Waals surface area (Å²) in [5.41, 5.74) is 0.956. The Morgan fingerprint density at radius 1 is 1.31 bits per heavy atom. The molecule has 4 rings (SSSR count). The fourth-order valence-corrected chi connectivity index (χ4v) is 4.85. The van der Waals surface area contributed by atoms with Crippen LogP contribution in [0.5, 0.6) is 0 Å². The van der Waals surface area contributed by atoms with Crippen molar-refractivity contribution in [3.63, 3.8) is 0 Å². The molecule has 0 bridgehead atoms. The van der Waals surface area contributed by atoms with Gasteiger partial charge in [0.2, 0.25) is 5.09 Å². The van der Waals surface area contributed by atoms with E-state index in [9.17, 15) is 17.6 Å². The van der Waals surface area contributed by atoms with Gasteiger partial charge in [0.25, 0.3) is 15.9 Å². The average Bonchev–Trinajstić information content (AvgIpc) is 3.35. The SMILES string of the molecule is CNS(=O)(=O)c1cc(C(=O)N2CC3(CCCC3)c3c(F)cccc32)co1. The number of carbonyl (C=O) groups is 1. The molecule has 2 aliphatic rings. The topological polar surface area (TPSA) is 79.6 Å². The standard InChI is InChI=1S/C18H19FN2O4S/c1-20-26(23,24)15-9-12(10-25-15)17(22)21-11-18(7-2-3-8-18)16-13(19)5-4-6-14(16)21/h4-6,9-10,20H,2-3,7-8,11H2,1H3. The summed E-state index contributed by atoms with van der Waals surface area (Å²) in [6, 6.07) is 5.97. The Hall–Kier alpha value is -2.19. The molecule has 1 aliphatic heterocycles. The second-order valence-electron chi connectivity index (χ2n) is 6.87. The number of anilines is 1. The minimum atomic E-state index is -3.77. The zero-order valence-corrected chi connectivity index (χ0v) is 15.1. The van der Waals surface area contributed by atoms with Crippen molar-refractivity contribution in [2.45, 2.75) is 36.2 Å². The van der Waals surface area contributed by atoms with Gasteiger partial charge in [-0.25, -0.2) is 17.5 Å². The number of furan rings is 1. The second kappa shape index (κ2) is 5.92. The highest BCUT2D eigenvalue weighted by Crippen LogP contribution is 2.51. The summed E-state index contributed by atoms with van der Waals surface area (Å²) in [6.07, 6.45) is 4.83. The molecule has 138 valence electrons. The summed E-state index contributed by atoms with van der Waals surface area (Å²) in [4.78, 5) is 14.6. The molecule has 1 saturated carbocycles. The molecule has 1 amide bonds. The lowest BCUT2D eigenvalue weighted by atomic mass is 9.80. The number of halogens is 1. The molecular formula is C18H19FN2O4S. The number of nitrogens with zero attached hydrogens (tertiary/aromatic N) is 1. The van der Waals surface area contributed by atoms with Crippen molar-refractivity contribution in [2.75, 3.05) is 18.5 Å². The Morgan fingerprint density at radius 2 is 2.04 bits per heavy atom. The van der Waals surface area contributed by atoms with E-state index in [1.165, 1.54) is 19.2 Å². The number of benzene rings is 1. The van der Waals surface area contributed by atoms with Crippen LogP contribution in [0.3, 0.4) is 0 Å². The van der Waals surface area contributed by atoms with E-state index < -0.39 is 10.0 Å². The van der Waals surface area contributed by atoms with Crippen LogP contribution < -0.4 is 9.62 Å². The molecule has 0 atom stereocenters. The maximum Gasteiger partial charge on any atom is 0.273 e. The molecule has 6 nitrogen and oxygen atoms in total. The van der Waals surface area contributed by atoms with E-state index in [-0.39, 0.29) is 27.8 Å². The highest BCUT2D eigenvalue weighted by Gasteiger charge is 2.48. The summed E-state index contributed by atoms with van der Waals surface area (Å²) < 4.78 is 45.4. The van der Waals surface area contributed by atoms with E-state index in [1.807, 2.05) is 0 Å². The molecule has 26 heavy (non-hydrogen) atoms. The van der Waals surface area contributed by atoms with Gasteiger partial charge in [-0.1, -0.05) is 18.9 Å². The highest BCUT2D eigenvalue weighted by atomic mass is 32.2. The van der Waals surface area contributed by atoms with Crippen molar-refractivity contribution in [3.8, 4) is 0 Å². The third kappa shape index (κ3) is 2.47. The number of fused-ring (bicyclic) bond motifs is 2.